The fourth-order valence-corrected chi connectivity index (χ4v) is 5.58. The average Bonchev–Trinajstić information content (AvgIpc) is 3.44. The van der Waals surface area contributed by atoms with Gasteiger partial charge in [0.1, 0.15) is 38.5 Å². The second-order valence-corrected chi connectivity index (χ2v) is 13.3. The van der Waals surface area contributed by atoms with E-state index < -0.39 is 46.5 Å². The van der Waals surface area contributed by atoms with Crippen LogP contribution in [0.1, 0.15) is 59.0 Å². The van der Waals surface area contributed by atoms with E-state index in [1.807, 2.05) is 32.6 Å². The number of benzene rings is 1. The van der Waals surface area contributed by atoms with Crippen LogP contribution in [-0.4, -0.2) is 74.6 Å². The topological polar surface area (TPSA) is 131 Å². The Bertz CT molecular complexity index is 1540. The Morgan fingerprint density at radius 2 is 1.64 bits per heavy atom. The van der Waals surface area contributed by atoms with Gasteiger partial charge in [0.15, 0.2) is 11.5 Å². The first kappa shape index (κ1) is 32.6. The molecule has 1 aliphatic rings. The molecule has 0 aliphatic carbocycles. The van der Waals surface area contributed by atoms with Gasteiger partial charge in [-0.25, -0.2) is 23.4 Å². The van der Waals surface area contributed by atoms with Gasteiger partial charge in [-0.05, 0) is 60.6 Å². The Balaban J connectivity index is 1.60. The molecule has 3 heterocycles. The summed E-state index contributed by atoms with van der Waals surface area (Å²) in [6, 6.07) is 3.16. The van der Waals surface area contributed by atoms with E-state index in [1.165, 1.54) is 12.3 Å². The van der Waals surface area contributed by atoms with Crippen molar-refractivity contribution >= 4 is 45.9 Å². The molecule has 1 atom stereocenters. The van der Waals surface area contributed by atoms with E-state index in [2.05, 4.69) is 20.7 Å². The van der Waals surface area contributed by atoms with Gasteiger partial charge < -0.3 is 24.6 Å². The standard InChI is InChI=1S/C29H37F2N7O5S/c1-16-15-37(12-13-38(16)27(41)43-29(5,6)7)25-19(14-32-36(25)8)33-22(39)21-24(35-26(40)42-28(2,3)4)44-23(34-21)20-17(30)10-9-11-18(20)31/h9-11,14,16H,12-13,15H2,1-8H3,(H,33,39)(H,35,40)/t16-/m1/s1. The number of rotatable bonds is 5. The zero-order valence-electron chi connectivity index (χ0n) is 25.9. The van der Waals surface area contributed by atoms with E-state index in [9.17, 15) is 23.2 Å². The third-order valence-corrected chi connectivity index (χ3v) is 7.33. The number of anilines is 3. The first-order valence-electron chi connectivity index (χ1n) is 14.0. The number of hydrogen-bond donors (Lipinski definition) is 2. The number of aromatic nitrogens is 3. The molecule has 0 spiro atoms. The molecule has 0 radical (unpaired) electrons. The Labute approximate surface area is 258 Å². The third-order valence-electron chi connectivity index (χ3n) is 6.34. The molecular weight excluding hydrogens is 596 g/mol. The van der Waals surface area contributed by atoms with Gasteiger partial charge >= 0.3 is 12.2 Å². The SMILES string of the molecule is C[C@@H]1CN(c2c(NC(=O)c3nc(-c4c(F)cccc4F)sc3NC(=O)OC(C)(C)C)cnn2C)CCN1C(=O)OC(C)(C)C. The number of thiazole rings is 1. The molecule has 1 fully saturated rings. The number of amides is 3. The molecule has 44 heavy (non-hydrogen) atoms. The Morgan fingerprint density at radius 3 is 2.23 bits per heavy atom. The minimum Gasteiger partial charge on any atom is -0.444 e. The summed E-state index contributed by atoms with van der Waals surface area (Å²) < 4.78 is 41.7. The zero-order chi connectivity index (χ0) is 32.6. The average molecular weight is 634 g/mol. The molecule has 1 aliphatic heterocycles. The third kappa shape index (κ3) is 7.62. The lowest BCUT2D eigenvalue weighted by Crippen LogP contribution is -2.55. The zero-order valence-corrected chi connectivity index (χ0v) is 26.8. The molecule has 0 saturated carbocycles. The van der Waals surface area contributed by atoms with Crippen LogP contribution in [0.4, 0.5) is 34.9 Å². The second kappa shape index (κ2) is 12.4. The van der Waals surface area contributed by atoms with Gasteiger partial charge in [0.05, 0.1) is 11.8 Å². The highest BCUT2D eigenvalue weighted by atomic mass is 32.1. The molecule has 3 aromatic rings. The number of carbonyl (C=O) groups is 3. The van der Waals surface area contributed by atoms with Crippen LogP contribution >= 0.6 is 11.3 Å². The summed E-state index contributed by atoms with van der Waals surface area (Å²) in [6.07, 6.45) is 0.191. The van der Waals surface area contributed by atoms with Crippen molar-refractivity contribution in [2.45, 2.75) is 65.7 Å². The van der Waals surface area contributed by atoms with Crippen LogP contribution in [0.15, 0.2) is 24.4 Å². The fraction of sp³-hybridized carbons (Fsp3) is 0.483. The number of halogens is 2. The molecular formula is C29H37F2N7O5S. The highest BCUT2D eigenvalue weighted by molar-refractivity contribution is 7.19. The van der Waals surface area contributed by atoms with Crippen molar-refractivity contribution in [2.24, 2.45) is 7.05 Å². The van der Waals surface area contributed by atoms with Crippen LogP contribution in [0.2, 0.25) is 0 Å². The molecule has 3 amide bonds. The molecule has 2 N–H and O–H groups in total. The molecule has 0 unspecified atom stereocenters. The van der Waals surface area contributed by atoms with Crippen LogP contribution < -0.4 is 15.5 Å². The monoisotopic (exact) mass is 633 g/mol. The molecule has 0 bridgehead atoms. The molecule has 4 rings (SSSR count). The van der Waals surface area contributed by atoms with Crippen molar-refractivity contribution in [3.8, 4) is 10.6 Å². The molecule has 238 valence electrons. The lowest BCUT2D eigenvalue weighted by Gasteiger charge is -2.41. The largest absolute Gasteiger partial charge is 0.444 e. The summed E-state index contributed by atoms with van der Waals surface area (Å²) in [5.41, 5.74) is -1.82. The van der Waals surface area contributed by atoms with E-state index in [-0.39, 0.29) is 21.7 Å². The number of carbonyl (C=O) groups excluding carboxylic acids is 3. The Hall–Kier alpha value is -4.27. The van der Waals surface area contributed by atoms with Crippen LogP contribution in [0.3, 0.4) is 0 Å². The van der Waals surface area contributed by atoms with E-state index in [0.717, 1.165) is 23.5 Å². The van der Waals surface area contributed by atoms with E-state index >= 15 is 0 Å². The first-order chi connectivity index (χ1) is 20.4. The smallest absolute Gasteiger partial charge is 0.412 e. The molecule has 1 saturated heterocycles. The summed E-state index contributed by atoms with van der Waals surface area (Å²) >= 11 is 0.734. The van der Waals surface area contributed by atoms with Gasteiger partial charge in [0.25, 0.3) is 5.91 Å². The minimum atomic E-state index is -0.872. The number of ether oxygens (including phenoxy) is 2. The Morgan fingerprint density at radius 1 is 1.00 bits per heavy atom. The lowest BCUT2D eigenvalue weighted by molar-refractivity contribution is 0.0158. The van der Waals surface area contributed by atoms with Crippen molar-refractivity contribution < 1.29 is 32.6 Å². The highest BCUT2D eigenvalue weighted by Crippen LogP contribution is 2.36. The van der Waals surface area contributed by atoms with Crippen LogP contribution in [0.5, 0.6) is 0 Å². The van der Waals surface area contributed by atoms with Gasteiger partial charge in [-0.15, -0.1) is 0 Å². The minimum absolute atomic E-state index is 0.0561. The number of piperazine rings is 1. The van der Waals surface area contributed by atoms with E-state index in [0.29, 0.717) is 31.1 Å². The summed E-state index contributed by atoms with van der Waals surface area (Å²) in [7, 11) is 1.72. The number of hydrogen-bond acceptors (Lipinski definition) is 9. The van der Waals surface area contributed by atoms with Crippen molar-refractivity contribution in [3.05, 3.63) is 41.7 Å². The number of aryl methyl sites for hydroxylation is 1. The molecule has 2 aromatic heterocycles. The van der Waals surface area contributed by atoms with Crippen molar-refractivity contribution in [2.75, 3.05) is 35.2 Å². The predicted octanol–water partition coefficient (Wildman–Crippen LogP) is 5.87. The maximum atomic E-state index is 14.6. The molecule has 1 aromatic carbocycles. The molecule has 15 heteroatoms. The first-order valence-corrected chi connectivity index (χ1v) is 14.8. The van der Waals surface area contributed by atoms with Crippen LogP contribution in [0.25, 0.3) is 10.6 Å². The quantitative estimate of drug-likeness (QED) is 0.357. The summed E-state index contributed by atoms with van der Waals surface area (Å²) in [5.74, 6) is -1.91. The van der Waals surface area contributed by atoms with Gasteiger partial charge in [-0.3, -0.25) is 14.8 Å². The van der Waals surface area contributed by atoms with Gasteiger partial charge in [0.2, 0.25) is 0 Å². The second-order valence-electron chi connectivity index (χ2n) is 12.3. The van der Waals surface area contributed by atoms with Gasteiger partial charge in [-0.2, -0.15) is 5.10 Å². The van der Waals surface area contributed by atoms with Gasteiger partial charge in [-0.1, -0.05) is 17.4 Å². The Kier molecular flexibility index (Phi) is 9.18. The lowest BCUT2D eigenvalue weighted by atomic mass is 10.2. The molecule has 12 nitrogen and oxygen atoms in total. The maximum Gasteiger partial charge on any atom is 0.412 e. The van der Waals surface area contributed by atoms with Crippen molar-refractivity contribution in [1.29, 1.82) is 0 Å². The highest BCUT2D eigenvalue weighted by Gasteiger charge is 2.33. The number of nitrogens with one attached hydrogen (secondary N) is 2. The summed E-state index contributed by atoms with van der Waals surface area (Å²) in [5, 5.41) is 9.37. The van der Waals surface area contributed by atoms with Crippen molar-refractivity contribution in [3.63, 3.8) is 0 Å². The van der Waals surface area contributed by atoms with Crippen molar-refractivity contribution in [1.82, 2.24) is 19.7 Å². The van der Waals surface area contributed by atoms with E-state index in [1.54, 1.807) is 37.4 Å². The van der Waals surface area contributed by atoms with Crippen LogP contribution in [0, 0.1) is 11.6 Å². The van der Waals surface area contributed by atoms with E-state index in [4.69, 9.17) is 9.47 Å². The summed E-state index contributed by atoms with van der Waals surface area (Å²) in [6.45, 7) is 13.6. The summed E-state index contributed by atoms with van der Waals surface area (Å²) in [4.78, 5) is 46.8. The number of nitrogens with zero attached hydrogens (tertiary/aromatic N) is 5. The maximum absolute atomic E-state index is 14.6. The fourth-order valence-electron chi connectivity index (χ4n) is 4.58. The predicted molar refractivity (Wildman–Crippen MR) is 163 cm³/mol. The van der Waals surface area contributed by atoms with Gasteiger partial charge in [0, 0.05) is 32.7 Å². The van der Waals surface area contributed by atoms with Crippen LogP contribution in [-0.2, 0) is 16.5 Å². The normalized spacial score (nSPS) is 15.6.